The Labute approximate surface area is 198 Å². The standard InChI is InChI=1S/C28H30F2N2O2/c29-21-5-4-20(24(30)11-21)16-32-7-6-22-23(27(32)34)2-1-3-25(22)31-26(33)15-28-12-17-8-18(13-28)10-19(9-17)14-28/h1-5,11,17-19H,6-10,12-16H2,(H,31,33). The van der Waals surface area contributed by atoms with Crippen molar-refractivity contribution in [2.45, 2.75) is 57.9 Å². The molecule has 2 amide bonds. The summed E-state index contributed by atoms with van der Waals surface area (Å²) in [7, 11) is 0. The number of nitrogens with one attached hydrogen (secondary N) is 1. The fraction of sp³-hybridized carbons (Fsp3) is 0.500. The SMILES string of the molecule is O=C(CC12CC3CC(CC(C3)C1)C2)Nc1cccc2c1CCN(Cc1ccc(F)cc1F)C2=O. The van der Waals surface area contributed by atoms with Crippen molar-refractivity contribution < 1.29 is 18.4 Å². The molecule has 4 nitrogen and oxygen atoms in total. The smallest absolute Gasteiger partial charge is 0.254 e. The third kappa shape index (κ3) is 3.91. The second-order valence-corrected chi connectivity index (χ2v) is 11.2. The van der Waals surface area contributed by atoms with E-state index < -0.39 is 11.6 Å². The van der Waals surface area contributed by atoms with E-state index in [9.17, 15) is 18.4 Å². The molecule has 178 valence electrons. The summed E-state index contributed by atoms with van der Waals surface area (Å²) in [4.78, 5) is 27.9. The van der Waals surface area contributed by atoms with Crippen molar-refractivity contribution in [3.63, 3.8) is 0 Å². The molecule has 0 radical (unpaired) electrons. The van der Waals surface area contributed by atoms with Gasteiger partial charge in [-0.05, 0) is 91.9 Å². The molecule has 5 aliphatic rings. The zero-order valence-electron chi connectivity index (χ0n) is 19.3. The largest absolute Gasteiger partial charge is 0.334 e. The lowest BCUT2D eigenvalue weighted by atomic mass is 9.49. The van der Waals surface area contributed by atoms with Gasteiger partial charge < -0.3 is 10.2 Å². The zero-order valence-corrected chi connectivity index (χ0v) is 19.3. The summed E-state index contributed by atoms with van der Waals surface area (Å²) in [5.41, 5.74) is 2.56. The summed E-state index contributed by atoms with van der Waals surface area (Å²) in [6.07, 6.45) is 8.78. The van der Waals surface area contributed by atoms with Gasteiger partial charge in [-0.25, -0.2) is 8.78 Å². The fourth-order valence-electron chi connectivity index (χ4n) is 7.74. The summed E-state index contributed by atoms with van der Waals surface area (Å²) in [5, 5.41) is 3.13. The first-order valence-electron chi connectivity index (χ1n) is 12.5. The van der Waals surface area contributed by atoms with Crippen LogP contribution in [0.5, 0.6) is 0 Å². The fourth-order valence-corrected chi connectivity index (χ4v) is 7.74. The van der Waals surface area contributed by atoms with Crippen LogP contribution in [0.25, 0.3) is 0 Å². The molecule has 1 heterocycles. The van der Waals surface area contributed by atoms with Crippen LogP contribution in [0.3, 0.4) is 0 Å². The average Bonchev–Trinajstić information content (AvgIpc) is 2.76. The van der Waals surface area contributed by atoms with Crippen LogP contribution in [0.2, 0.25) is 0 Å². The lowest BCUT2D eigenvalue weighted by Crippen LogP contribution is -2.47. The van der Waals surface area contributed by atoms with Gasteiger partial charge in [0.1, 0.15) is 11.6 Å². The Bertz CT molecular complexity index is 1130. The van der Waals surface area contributed by atoms with Gasteiger partial charge in [0, 0.05) is 42.4 Å². The van der Waals surface area contributed by atoms with E-state index in [4.69, 9.17) is 0 Å². The van der Waals surface area contributed by atoms with Crippen LogP contribution in [0.1, 0.15) is 66.4 Å². The Morgan fingerprint density at radius 2 is 1.74 bits per heavy atom. The first-order chi connectivity index (χ1) is 16.4. The van der Waals surface area contributed by atoms with Crippen LogP contribution < -0.4 is 5.32 Å². The maximum atomic E-state index is 14.1. The summed E-state index contributed by atoms with van der Waals surface area (Å²) >= 11 is 0. The topological polar surface area (TPSA) is 49.4 Å². The van der Waals surface area contributed by atoms with Crippen LogP contribution in [0.15, 0.2) is 36.4 Å². The minimum Gasteiger partial charge on any atom is -0.334 e. The number of nitrogens with zero attached hydrogens (tertiary/aromatic N) is 1. The van der Waals surface area contributed by atoms with Gasteiger partial charge in [-0.2, -0.15) is 0 Å². The molecule has 6 heteroatoms. The molecule has 0 saturated heterocycles. The van der Waals surface area contributed by atoms with Crippen molar-refractivity contribution in [3.05, 3.63) is 64.7 Å². The monoisotopic (exact) mass is 464 g/mol. The van der Waals surface area contributed by atoms with Gasteiger partial charge in [-0.3, -0.25) is 9.59 Å². The van der Waals surface area contributed by atoms with Gasteiger partial charge in [0.25, 0.3) is 5.91 Å². The van der Waals surface area contributed by atoms with Crippen molar-refractivity contribution in [2.75, 3.05) is 11.9 Å². The predicted octanol–water partition coefficient (Wildman–Crippen LogP) is 5.71. The summed E-state index contributed by atoms with van der Waals surface area (Å²) < 4.78 is 27.4. The number of hydrogen-bond acceptors (Lipinski definition) is 2. The predicted molar refractivity (Wildman–Crippen MR) is 125 cm³/mol. The molecule has 0 spiro atoms. The molecule has 1 N–H and O–H groups in total. The number of fused-ring (bicyclic) bond motifs is 1. The van der Waals surface area contributed by atoms with Crippen molar-refractivity contribution in [1.29, 1.82) is 0 Å². The Hall–Kier alpha value is -2.76. The van der Waals surface area contributed by atoms with Crippen LogP contribution in [0, 0.1) is 34.8 Å². The summed E-state index contributed by atoms with van der Waals surface area (Å²) in [6.45, 7) is 0.511. The van der Waals surface area contributed by atoms with Gasteiger partial charge >= 0.3 is 0 Å². The van der Waals surface area contributed by atoms with E-state index in [1.54, 1.807) is 17.0 Å². The molecule has 2 aromatic rings. The highest BCUT2D eigenvalue weighted by molar-refractivity contribution is 6.00. The van der Waals surface area contributed by atoms with Crippen molar-refractivity contribution in [1.82, 2.24) is 4.90 Å². The molecule has 4 aliphatic carbocycles. The van der Waals surface area contributed by atoms with Crippen LogP contribution in [0.4, 0.5) is 14.5 Å². The average molecular weight is 465 g/mol. The van der Waals surface area contributed by atoms with E-state index in [0.29, 0.717) is 36.2 Å². The number of rotatable bonds is 5. The molecule has 0 atom stereocenters. The Morgan fingerprint density at radius 1 is 1.03 bits per heavy atom. The minimum absolute atomic E-state index is 0.0543. The van der Waals surface area contributed by atoms with Gasteiger partial charge in [0.15, 0.2) is 0 Å². The number of carbonyl (C=O) groups excluding carboxylic acids is 2. The lowest BCUT2D eigenvalue weighted by molar-refractivity contribution is -0.124. The number of anilines is 1. The van der Waals surface area contributed by atoms with Crippen LogP contribution >= 0.6 is 0 Å². The number of amides is 2. The van der Waals surface area contributed by atoms with E-state index in [-0.39, 0.29) is 23.8 Å². The Balaban J connectivity index is 1.16. The Kier molecular flexibility index (Phi) is 5.23. The molecule has 34 heavy (non-hydrogen) atoms. The highest BCUT2D eigenvalue weighted by atomic mass is 19.1. The lowest BCUT2D eigenvalue weighted by Gasteiger charge is -2.56. The number of halogens is 2. The number of benzene rings is 2. The molecule has 7 rings (SSSR count). The molecule has 1 aliphatic heterocycles. The van der Waals surface area contributed by atoms with Crippen molar-refractivity contribution in [3.8, 4) is 0 Å². The van der Waals surface area contributed by atoms with Crippen molar-refractivity contribution in [2.24, 2.45) is 23.2 Å². The molecule has 2 aromatic carbocycles. The molecular weight excluding hydrogens is 434 g/mol. The van der Waals surface area contributed by atoms with Gasteiger partial charge in [0.2, 0.25) is 5.91 Å². The quantitative estimate of drug-likeness (QED) is 0.616. The highest BCUT2D eigenvalue weighted by Gasteiger charge is 2.51. The van der Waals surface area contributed by atoms with E-state index in [2.05, 4.69) is 5.32 Å². The summed E-state index contributed by atoms with van der Waals surface area (Å²) in [5.74, 6) is 0.991. The molecule has 4 fully saturated rings. The van der Waals surface area contributed by atoms with Crippen LogP contribution in [-0.4, -0.2) is 23.3 Å². The number of hydrogen-bond donors (Lipinski definition) is 1. The minimum atomic E-state index is -0.649. The van der Waals surface area contributed by atoms with Gasteiger partial charge in [0.05, 0.1) is 0 Å². The molecule has 4 saturated carbocycles. The molecule has 4 bridgehead atoms. The second kappa shape index (κ2) is 8.17. The van der Waals surface area contributed by atoms with E-state index in [1.165, 1.54) is 50.7 Å². The third-order valence-electron chi connectivity index (χ3n) is 8.68. The first kappa shape index (κ1) is 21.8. The Morgan fingerprint density at radius 3 is 2.41 bits per heavy atom. The van der Waals surface area contributed by atoms with E-state index in [1.807, 2.05) is 6.07 Å². The maximum Gasteiger partial charge on any atom is 0.254 e. The van der Waals surface area contributed by atoms with Gasteiger partial charge in [-0.1, -0.05) is 12.1 Å². The van der Waals surface area contributed by atoms with Gasteiger partial charge in [-0.15, -0.1) is 0 Å². The molecule has 0 unspecified atom stereocenters. The van der Waals surface area contributed by atoms with Crippen molar-refractivity contribution >= 4 is 17.5 Å². The van der Waals surface area contributed by atoms with E-state index in [0.717, 1.165) is 29.4 Å². The normalized spacial score (nSPS) is 29.3. The third-order valence-corrected chi connectivity index (χ3v) is 8.68. The summed E-state index contributed by atoms with van der Waals surface area (Å²) in [6, 6.07) is 8.86. The number of carbonyl (C=O) groups is 2. The van der Waals surface area contributed by atoms with E-state index >= 15 is 0 Å². The zero-order chi connectivity index (χ0) is 23.4. The molecule has 0 aromatic heterocycles. The molecular formula is C28H30F2N2O2. The second-order valence-electron chi connectivity index (χ2n) is 11.2. The highest BCUT2D eigenvalue weighted by Crippen LogP contribution is 2.61. The first-order valence-corrected chi connectivity index (χ1v) is 12.5. The maximum absolute atomic E-state index is 14.1. The van der Waals surface area contributed by atoms with Crippen LogP contribution in [-0.2, 0) is 17.8 Å².